The van der Waals surface area contributed by atoms with Gasteiger partial charge in [0.05, 0.1) is 10.7 Å². The van der Waals surface area contributed by atoms with Crippen LogP contribution in [-0.4, -0.2) is 37.4 Å². The van der Waals surface area contributed by atoms with Crippen LogP contribution in [0.25, 0.3) is 0 Å². The Labute approximate surface area is 202 Å². The number of carbonyl (C=O) groups excluding carboxylic acids is 3. The van der Waals surface area contributed by atoms with E-state index >= 15 is 0 Å². The molecule has 1 heterocycles. The third kappa shape index (κ3) is 5.55. The van der Waals surface area contributed by atoms with E-state index in [0.29, 0.717) is 34.3 Å². The Balaban J connectivity index is 1.45. The highest BCUT2D eigenvalue weighted by Crippen LogP contribution is 2.33. The number of hydrogen-bond donors (Lipinski definition) is 1. The van der Waals surface area contributed by atoms with E-state index in [1.807, 2.05) is 43.3 Å². The topological polar surface area (TPSA) is 84.9 Å². The number of anilines is 1. The number of halogens is 1. The van der Waals surface area contributed by atoms with Crippen molar-refractivity contribution in [1.29, 1.82) is 0 Å². The molecule has 3 aromatic rings. The van der Waals surface area contributed by atoms with Gasteiger partial charge in [0, 0.05) is 12.1 Å². The first-order chi connectivity index (χ1) is 16.4. The number of fused-ring (bicyclic) bond motifs is 1. The normalized spacial score (nSPS) is 12.5. The van der Waals surface area contributed by atoms with E-state index in [2.05, 4.69) is 5.32 Å². The van der Waals surface area contributed by atoms with Gasteiger partial charge in [0.15, 0.2) is 19.0 Å². The third-order valence-corrected chi connectivity index (χ3v) is 5.62. The quantitative estimate of drug-likeness (QED) is 0.495. The Morgan fingerprint density at radius 3 is 2.68 bits per heavy atom. The van der Waals surface area contributed by atoms with Gasteiger partial charge in [0.1, 0.15) is 18.0 Å². The van der Waals surface area contributed by atoms with E-state index in [4.69, 9.17) is 21.1 Å². The number of ether oxygens (including phenoxy) is 2. The van der Waals surface area contributed by atoms with Crippen LogP contribution in [0.4, 0.5) is 5.69 Å². The lowest BCUT2D eigenvalue weighted by atomic mass is 10.1. The van der Waals surface area contributed by atoms with Crippen LogP contribution >= 0.6 is 11.6 Å². The van der Waals surface area contributed by atoms with Gasteiger partial charge < -0.3 is 14.8 Å². The number of rotatable bonds is 8. The Kier molecular flexibility index (Phi) is 7.13. The molecule has 4 rings (SSSR count). The van der Waals surface area contributed by atoms with Gasteiger partial charge in [0.25, 0.3) is 5.91 Å². The average molecular weight is 479 g/mol. The van der Waals surface area contributed by atoms with Gasteiger partial charge in [-0.3, -0.25) is 19.3 Å². The van der Waals surface area contributed by atoms with Crippen LogP contribution in [0.1, 0.15) is 21.5 Å². The van der Waals surface area contributed by atoms with Gasteiger partial charge in [-0.15, -0.1) is 0 Å². The van der Waals surface area contributed by atoms with E-state index in [1.165, 1.54) is 4.90 Å². The minimum absolute atomic E-state index is 0.179. The lowest BCUT2D eigenvalue weighted by Crippen LogP contribution is -2.45. The summed E-state index contributed by atoms with van der Waals surface area (Å²) in [6.07, 6.45) is 0. The third-order valence-electron chi connectivity index (χ3n) is 5.30. The highest BCUT2D eigenvalue weighted by molar-refractivity contribution is 6.32. The Bertz CT molecular complexity index is 1230. The van der Waals surface area contributed by atoms with Crippen LogP contribution < -0.4 is 19.7 Å². The van der Waals surface area contributed by atoms with Gasteiger partial charge >= 0.3 is 0 Å². The van der Waals surface area contributed by atoms with Crippen LogP contribution in [-0.2, 0) is 16.1 Å². The molecule has 1 aliphatic rings. The Hall–Kier alpha value is -3.84. The summed E-state index contributed by atoms with van der Waals surface area (Å²) in [5.74, 6) is -0.140. The summed E-state index contributed by atoms with van der Waals surface area (Å²) < 4.78 is 11.1. The fourth-order valence-electron chi connectivity index (χ4n) is 3.49. The highest BCUT2D eigenvalue weighted by atomic mass is 35.5. The Morgan fingerprint density at radius 2 is 1.88 bits per heavy atom. The summed E-state index contributed by atoms with van der Waals surface area (Å²) in [7, 11) is 0. The van der Waals surface area contributed by atoms with Gasteiger partial charge in [-0.1, -0.05) is 48.0 Å². The molecule has 1 aliphatic heterocycles. The molecule has 7 nitrogen and oxygen atoms in total. The van der Waals surface area contributed by atoms with Crippen molar-refractivity contribution in [2.24, 2.45) is 0 Å². The monoisotopic (exact) mass is 478 g/mol. The van der Waals surface area contributed by atoms with Gasteiger partial charge in [-0.25, -0.2) is 0 Å². The van der Waals surface area contributed by atoms with Crippen molar-refractivity contribution < 1.29 is 23.9 Å². The second-order valence-corrected chi connectivity index (χ2v) is 8.27. The van der Waals surface area contributed by atoms with Crippen molar-refractivity contribution in [3.05, 3.63) is 88.4 Å². The largest absolute Gasteiger partial charge is 0.484 e. The number of benzene rings is 3. The lowest BCUT2D eigenvalue weighted by molar-refractivity contribution is -0.125. The second kappa shape index (κ2) is 10.4. The van der Waals surface area contributed by atoms with Crippen LogP contribution in [0.2, 0.25) is 5.02 Å². The smallest absolute Gasteiger partial charge is 0.265 e. The van der Waals surface area contributed by atoms with Crippen molar-refractivity contribution in [1.82, 2.24) is 5.32 Å². The maximum Gasteiger partial charge on any atom is 0.265 e. The van der Waals surface area contributed by atoms with E-state index < -0.39 is 0 Å². The first kappa shape index (κ1) is 23.3. The maximum atomic E-state index is 12.8. The molecule has 0 spiro atoms. The molecule has 0 aliphatic carbocycles. The second-order valence-electron chi connectivity index (χ2n) is 7.86. The number of nitrogens with zero attached hydrogens (tertiary/aromatic N) is 1. The van der Waals surface area contributed by atoms with Crippen LogP contribution in [0.5, 0.6) is 11.5 Å². The first-order valence-corrected chi connectivity index (χ1v) is 11.1. The zero-order valence-corrected chi connectivity index (χ0v) is 19.3. The summed E-state index contributed by atoms with van der Waals surface area (Å²) in [5, 5.41) is 3.22. The molecule has 1 N–H and O–H groups in total. The number of carbonyl (C=O) groups is 3. The van der Waals surface area contributed by atoms with E-state index in [0.717, 1.165) is 11.1 Å². The highest BCUT2D eigenvalue weighted by Gasteiger charge is 2.28. The molecule has 0 saturated carbocycles. The minimum Gasteiger partial charge on any atom is -0.484 e. The molecule has 174 valence electrons. The first-order valence-electron chi connectivity index (χ1n) is 10.7. The molecular weight excluding hydrogens is 456 g/mol. The predicted molar refractivity (Wildman–Crippen MR) is 129 cm³/mol. The lowest BCUT2D eigenvalue weighted by Gasteiger charge is -2.29. The number of hydrogen-bond acceptors (Lipinski definition) is 5. The number of ketones is 1. The number of nitrogens with one attached hydrogen (secondary N) is 1. The fraction of sp³-hybridized carbons (Fsp3) is 0.192. The zero-order valence-electron chi connectivity index (χ0n) is 18.5. The van der Waals surface area contributed by atoms with E-state index in [-0.39, 0.29) is 37.4 Å². The molecule has 0 aromatic heterocycles. The molecule has 0 saturated heterocycles. The molecule has 8 heteroatoms. The van der Waals surface area contributed by atoms with Crippen molar-refractivity contribution in [3.8, 4) is 11.5 Å². The van der Waals surface area contributed by atoms with E-state index in [1.54, 1.807) is 30.3 Å². The Morgan fingerprint density at radius 1 is 1.09 bits per heavy atom. The predicted octanol–water partition coefficient (Wildman–Crippen LogP) is 3.95. The molecule has 0 fully saturated rings. The van der Waals surface area contributed by atoms with Crippen molar-refractivity contribution in [2.75, 3.05) is 24.7 Å². The van der Waals surface area contributed by atoms with Crippen LogP contribution in [0.15, 0.2) is 66.7 Å². The van der Waals surface area contributed by atoms with Crippen molar-refractivity contribution in [3.63, 3.8) is 0 Å². The fourth-order valence-corrected chi connectivity index (χ4v) is 3.66. The van der Waals surface area contributed by atoms with Crippen molar-refractivity contribution in [2.45, 2.75) is 13.5 Å². The molecule has 34 heavy (non-hydrogen) atoms. The van der Waals surface area contributed by atoms with Crippen LogP contribution in [0, 0.1) is 6.92 Å². The number of aryl methyl sites for hydroxylation is 1. The molecule has 3 aromatic carbocycles. The summed E-state index contributed by atoms with van der Waals surface area (Å²) in [4.78, 5) is 39.2. The molecule has 0 unspecified atom stereocenters. The standard InChI is InChI=1S/C26H23ClN2O5/c1-17-7-9-20(27)24(11-17)33-15-22(30)19-8-10-23-21(12-19)29(26(32)16-34-23)14-25(31)28-13-18-5-3-2-4-6-18/h2-12H,13-16H2,1H3,(H,28,31). The number of amides is 2. The summed E-state index contributed by atoms with van der Waals surface area (Å²) in [6, 6.07) is 19.5. The van der Waals surface area contributed by atoms with Crippen molar-refractivity contribution >= 4 is 34.9 Å². The number of Topliss-reactive ketones (excluding diaryl/α,β-unsaturated/α-hetero) is 1. The molecule has 0 radical (unpaired) electrons. The van der Waals surface area contributed by atoms with Crippen LogP contribution in [0.3, 0.4) is 0 Å². The van der Waals surface area contributed by atoms with Gasteiger partial charge in [-0.05, 0) is 48.4 Å². The SMILES string of the molecule is Cc1ccc(Cl)c(OCC(=O)c2ccc3c(c2)N(CC(=O)NCc2ccccc2)C(=O)CO3)c1. The molecule has 2 amide bonds. The van der Waals surface area contributed by atoms with Gasteiger partial charge in [0.2, 0.25) is 5.91 Å². The molecule has 0 atom stereocenters. The van der Waals surface area contributed by atoms with E-state index in [9.17, 15) is 14.4 Å². The summed E-state index contributed by atoms with van der Waals surface area (Å²) in [5.41, 5.74) is 2.60. The molecule has 0 bridgehead atoms. The maximum absolute atomic E-state index is 12.8. The molecular formula is C26H23ClN2O5. The minimum atomic E-state index is -0.366. The van der Waals surface area contributed by atoms with Gasteiger partial charge in [-0.2, -0.15) is 0 Å². The zero-order chi connectivity index (χ0) is 24.1. The summed E-state index contributed by atoms with van der Waals surface area (Å²) in [6.45, 7) is 1.66. The summed E-state index contributed by atoms with van der Waals surface area (Å²) >= 11 is 6.13. The average Bonchev–Trinajstić information content (AvgIpc) is 2.85.